The van der Waals surface area contributed by atoms with Gasteiger partial charge in [-0.3, -0.25) is 14.3 Å². The number of aromatic amines is 1. The van der Waals surface area contributed by atoms with Gasteiger partial charge in [0.25, 0.3) is 5.56 Å². The van der Waals surface area contributed by atoms with Gasteiger partial charge < -0.3 is 15.4 Å². The van der Waals surface area contributed by atoms with Crippen molar-refractivity contribution >= 4 is 11.9 Å². The maximum absolute atomic E-state index is 12.8. The number of hydrogen-bond acceptors (Lipinski definition) is 4. The van der Waals surface area contributed by atoms with Crippen molar-refractivity contribution in [3.8, 4) is 5.69 Å². The highest BCUT2D eigenvalue weighted by molar-refractivity contribution is 5.83. The molecule has 1 aromatic carbocycles. The lowest BCUT2D eigenvalue weighted by Crippen LogP contribution is -2.32. The predicted molar refractivity (Wildman–Crippen MR) is 116 cm³/mol. The Labute approximate surface area is 192 Å². The van der Waals surface area contributed by atoms with Gasteiger partial charge in [-0.25, -0.2) is 14.5 Å². The van der Waals surface area contributed by atoms with Crippen LogP contribution in [0.2, 0.25) is 0 Å². The number of imidazole rings is 1. The van der Waals surface area contributed by atoms with Crippen LogP contribution in [0.25, 0.3) is 5.69 Å². The molecule has 2 aromatic heterocycles. The second-order valence-electron chi connectivity index (χ2n) is 7.80. The lowest BCUT2D eigenvalue weighted by atomic mass is 9.89. The average Bonchev–Trinajstić information content (AvgIpc) is 3.30. The fourth-order valence-corrected chi connectivity index (χ4v) is 3.82. The molecule has 1 aliphatic rings. The number of halogens is 3. The number of amides is 1. The highest BCUT2D eigenvalue weighted by atomic mass is 19.4. The van der Waals surface area contributed by atoms with Gasteiger partial charge in [0, 0.05) is 18.8 Å². The zero-order valence-electron chi connectivity index (χ0n) is 18.5. The van der Waals surface area contributed by atoms with E-state index in [2.05, 4.69) is 15.3 Å². The molecule has 3 aromatic rings. The van der Waals surface area contributed by atoms with Crippen LogP contribution >= 0.6 is 0 Å². The molecule has 0 saturated heterocycles. The number of carboxylic acid groups (broad SMARTS) is 1. The van der Waals surface area contributed by atoms with Gasteiger partial charge >= 0.3 is 12.1 Å². The summed E-state index contributed by atoms with van der Waals surface area (Å²) in [7, 11) is 1.83. The summed E-state index contributed by atoms with van der Waals surface area (Å²) in [6.45, 7) is 2.22. The minimum Gasteiger partial charge on any atom is -0.475 e. The molecule has 0 radical (unpaired) electrons. The number of nitrogens with one attached hydrogen (secondary N) is 2. The zero-order valence-corrected chi connectivity index (χ0v) is 18.5. The molecule has 0 bridgehead atoms. The van der Waals surface area contributed by atoms with Crippen LogP contribution in [0.15, 0.2) is 41.2 Å². The summed E-state index contributed by atoms with van der Waals surface area (Å²) in [6, 6.07) is 11.0. The lowest BCUT2D eigenvalue weighted by Gasteiger charge is -2.20. The molecule has 34 heavy (non-hydrogen) atoms. The molecule has 0 fully saturated rings. The number of carbonyl (C=O) groups excluding carboxylic acids is 1. The summed E-state index contributed by atoms with van der Waals surface area (Å²) in [5.41, 5.74) is 3.38. The number of aryl methyl sites for hydroxylation is 2. The van der Waals surface area contributed by atoms with Gasteiger partial charge in [0.2, 0.25) is 5.91 Å². The van der Waals surface area contributed by atoms with Crippen molar-refractivity contribution in [3.05, 3.63) is 69.7 Å². The third kappa shape index (κ3) is 5.56. The molecular formula is C22H24F3N5O4. The van der Waals surface area contributed by atoms with Gasteiger partial charge in [-0.2, -0.15) is 13.2 Å². The Morgan fingerprint density at radius 1 is 1.26 bits per heavy atom. The van der Waals surface area contributed by atoms with Crippen LogP contribution in [0.3, 0.4) is 0 Å². The third-order valence-corrected chi connectivity index (χ3v) is 5.40. The number of aliphatic carboxylic acids is 1. The van der Waals surface area contributed by atoms with Crippen molar-refractivity contribution in [3.63, 3.8) is 0 Å². The number of carboxylic acids is 1. The highest BCUT2D eigenvalue weighted by Gasteiger charge is 2.38. The van der Waals surface area contributed by atoms with Crippen molar-refractivity contribution < 1.29 is 27.9 Å². The first-order valence-corrected chi connectivity index (χ1v) is 10.5. The molecule has 1 aliphatic carbocycles. The van der Waals surface area contributed by atoms with Gasteiger partial charge in [0.1, 0.15) is 5.82 Å². The molecule has 0 aliphatic heterocycles. The number of aromatic nitrogens is 4. The fraction of sp³-hybridized carbons (Fsp3) is 0.364. The van der Waals surface area contributed by atoms with E-state index in [1.54, 1.807) is 15.4 Å². The second kappa shape index (κ2) is 9.98. The third-order valence-electron chi connectivity index (χ3n) is 5.40. The van der Waals surface area contributed by atoms with E-state index in [0.29, 0.717) is 6.54 Å². The Balaban J connectivity index is 0.000000406. The van der Waals surface area contributed by atoms with Crippen molar-refractivity contribution in [2.24, 2.45) is 7.05 Å². The van der Waals surface area contributed by atoms with Crippen LogP contribution in [0.4, 0.5) is 13.2 Å². The molecule has 3 N–H and O–H groups in total. The SMILES string of the molecule is Cc1nc2c([nH]1)CCCC2C(=O)NCc1cc(=O)n(-c2ccccc2)n1C.O=C(O)C(F)(F)F. The van der Waals surface area contributed by atoms with Gasteiger partial charge in [-0.05, 0) is 38.3 Å². The van der Waals surface area contributed by atoms with E-state index in [1.807, 2.05) is 44.3 Å². The van der Waals surface area contributed by atoms with E-state index in [0.717, 1.165) is 47.9 Å². The average molecular weight is 479 g/mol. The normalized spacial score (nSPS) is 15.1. The van der Waals surface area contributed by atoms with Gasteiger partial charge in [-0.1, -0.05) is 18.2 Å². The topological polar surface area (TPSA) is 122 Å². The van der Waals surface area contributed by atoms with Crippen molar-refractivity contribution in [2.45, 2.75) is 44.8 Å². The summed E-state index contributed by atoms with van der Waals surface area (Å²) in [4.78, 5) is 41.8. The van der Waals surface area contributed by atoms with Crippen LogP contribution in [0, 0.1) is 6.92 Å². The van der Waals surface area contributed by atoms with E-state index in [4.69, 9.17) is 9.90 Å². The number of para-hydroxylation sites is 1. The number of H-pyrrole nitrogens is 1. The summed E-state index contributed by atoms with van der Waals surface area (Å²) in [6.07, 6.45) is -2.38. The molecular weight excluding hydrogens is 455 g/mol. The quantitative estimate of drug-likeness (QED) is 0.531. The Morgan fingerprint density at radius 2 is 1.91 bits per heavy atom. The van der Waals surface area contributed by atoms with Gasteiger partial charge in [-0.15, -0.1) is 0 Å². The number of carbonyl (C=O) groups is 2. The monoisotopic (exact) mass is 479 g/mol. The zero-order chi connectivity index (χ0) is 25.0. The Hall–Kier alpha value is -3.83. The number of benzene rings is 1. The number of hydrogen-bond donors (Lipinski definition) is 3. The van der Waals surface area contributed by atoms with Crippen molar-refractivity contribution in [2.75, 3.05) is 0 Å². The van der Waals surface area contributed by atoms with E-state index in [1.165, 1.54) is 0 Å². The van der Waals surface area contributed by atoms with Crippen LogP contribution in [-0.2, 0) is 29.6 Å². The van der Waals surface area contributed by atoms with Gasteiger partial charge in [0.15, 0.2) is 0 Å². The molecule has 182 valence electrons. The Bertz CT molecular complexity index is 1230. The molecule has 1 amide bonds. The van der Waals surface area contributed by atoms with Crippen LogP contribution < -0.4 is 10.9 Å². The first-order valence-electron chi connectivity index (χ1n) is 10.5. The minimum atomic E-state index is -5.08. The first-order chi connectivity index (χ1) is 16.0. The molecule has 0 spiro atoms. The maximum Gasteiger partial charge on any atom is 0.490 e. The molecule has 0 saturated carbocycles. The molecule has 12 heteroatoms. The fourth-order valence-electron chi connectivity index (χ4n) is 3.82. The second-order valence-corrected chi connectivity index (χ2v) is 7.80. The molecule has 4 rings (SSSR count). The minimum absolute atomic E-state index is 0.0395. The number of rotatable bonds is 4. The van der Waals surface area contributed by atoms with E-state index >= 15 is 0 Å². The van der Waals surface area contributed by atoms with Gasteiger partial charge in [0.05, 0.1) is 29.5 Å². The summed E-state index contributed by atoms with van der Waals surface area (Å²) < 4.78 is 35.1. The van der Waals surface area contributed by atoms with Crippen molar-refractivity contribution in [1.82, 2.24) is 24.6 Å². The lowest BCUT2D eigenvalue weighted by molar-refractivity contribution is -0.192. The smallest absolute Gasteiger partial charge is 0.475 e. The highest BCUT2D eigenvalue weighted by Crippen LogP contribution is 2.30. The van der Waals surface area contributed by atoms with E-state index in [9.17, 15) is 22.8 Å². The summed E-state index contributed by atoms with van der Waals surface area (Å²) in [5.74, 6) is -2.18. The van der Waals surface area contributed by atoms with Crippen LogP contribution in [0.1, 0.15) is 41.7 Å². The van der Waals surface area contributed by atoms with Crippen LogP contribution in [0.5, 0.6) is 0 Å². The number of nitrogens with zero attached hydrogens (tertiary/aromatic N) is 3. The summed E-state index contributed by atoms with van der Waals surface area (Å²) >= 11 is 0. The maximum atomic E-state index is 12.8. The van der Waals surface area contributed by atoms with Crippen LogP contribution in [-0.4, -0.2) is 42.5 Å². The molecule has 2 heterocycles. The Morgan fingerprint density at radius 3 is 2.53 bits per heavy atom. The van der Waals surface area contributed by atoms with E-state index < -0.39 is 12.1 Å². The number of fused-ring (bicyclic) bond motifs is 1. The van der Waals surface area contributed by atoms with E-state index in [-0.39, 0.29) is 17.4 Å². The predicted octanol–water partition coefficient (Wildman–Crippen LogP) is 2.58. The summed E-state index contributed by atoms with van der Waals surface area (Å²) in [5, 5.41) is 10.1. The molecule has 1 atom stereocenters. The largest absolute Gasteiger partial charge is 0.490 e. The molecule has 9 nitrogen and oxygen atoms in total. The molecule has 1 unspecified atom stereocenters. The standard InChI is InChI=1S/C20H23N5O2.C2HF3O2/c1-13-22-17-10-6-9-16(19(17)23-13)20(27)21-12-15-11-18(26)25(24(15)2)14-7-4-3-5-8-14;3-2(4,5)1(6)7/h3-5,7-8,11,16H,6,9-10,12H2,1-2H3,(H,21,27)(H,22,23);(H,6,7). The number of alkyl halides is 3. The Kier molecular flexibility index (Phi) is 7.28. The van der Waals surface area contributed by atoms with Crippen molar-refractivity contribution in [1.29, 1.82) is 0 Å². The first kappa shape index (κ1) is 24.8.